The summed E-state index contributed by atoms with van der Waals surface area (Å²) in [6.45, 7) is 4.89. The van der Waals surface area contributed by atoms with Crippen molar-refractivity contribution >= 4 is 0 Å². The number of aromatic hydroxyl groups is 1. The van der Waals surface area contributed by atoms with Crippen molar-refractivity contribution in [3.05, 3.63) is 64.7 Å². The average Bonchev–Trinajstić information content (AvgIpc) is 2.44. The quantitative estimate of drug-likeness (QED) is 0.784. The van der Waals surface area contributed by atoms with E-state index in [1.165, 1.54) is 5.56 Å². The van der Waals surface area contributed by atoms with E-state index in [0.717, 1.165) is 16.7 Å². The Morgan fingerprint density at radius 2 is 1.75 bits per heavy atom. The second-order valence-electron chi connectivity index (χ2n) is 5.14. The SMILES string of the molecule is Cc1ccc(C(O)CNCc2cccc(C)c2O)cc1. The molecule has 0 heterocycles. The molecule has 3 nitrogen and oxygen atoms in total. The van der Waals surface area contributed by atoms with Crippen molar-refractivity contribution in [3.8, 4) is 5.75 Å². The van der Waals surface area contributed by atoms with Crippen LogP contribution in [0.25, 0.3) is 0 Å². The van der Waals surface area contributed by atoms with Gasteiger partial charge < -0.3 is 15.5 Å². The van der Waals surface area contributed by atoms with Gasteiger partial charge in [0.1, 0.15) is 5.75 Å². The lowest BCUT2D eigenvalue weighted by Gasteiger charge is -2.13. The molecule has 0 radical (unpaired) electrons. The van der Waals surface area contributed by atoms with Crippen LogP contribution in [0.3, 0.4) is 0 Å². The third-order valence-electron chi connectivity index (χ3n) is 3.44. The molecule has 0 amide bonds. The van der Waals surface area contributed by atoms with Gasteiger partial charge in [-0.2, -0.15) is 0 Å². The Kier molecular flexibility index (Phi) is 4.77. The van der Waals surface area contributed by atoms with Crippen molar-refractivity contribution in [3.63, 3.8) is 0 Å². The van der Waals surface area contributed by atoms with Gasteiger partial charge in [-0.1, -0.05) is 48.0 Å². The lowest BCUT2D eigenvalue weighted by atomic mass is 10.1. The van der Waals surface area contributed by atoms with Gasteiger partial charge in [0.15, 0.2) is 0 Å². The van der Waals surface area contributed by atoms with Gasteiger partial charge >= 0.3 is 0 Å². The minimum atomic E-state index is -0.539. The second kappa shape index (κ2) is 6.55. The van der Waals surface area contributed by atoms with E-state index in [0.29, 0.717) is 18.8 Å². The predicted octanol–water partition coefficient (Wildman–Crippen LogP) is 2.83. The molecular formula is C17H21NO2. The highest BCUT2D eigenvalue weighted by Crippen LogP contribution is 2.21. The van der Waals surface area contributed by atoms with Crippen LogP contribution < -0.4 is 5.32 Å². The second-order valence-corrected chi connectivity index (χ2v) is 5.14. The maximum atomic E-state index is 10.1. The maximum absolute atomic E-state index is 10.1. The number of aryl methyl sites for hydroxylation is 2. The van der Waals surface area contributed by atoms with Crippen molar-refractivity contribution in [1.29, 1.82) is 0 Å². The molecule has 2 rings (SSSR count). The maximum Gasteiger partial charge on any atom is 0.122 e. The smallest absolute Gasteiger partial charge is 0.122 e. The van der Waals surface area contributed by atoms with Crippen molar-refractivity contribution in [2.45, 2.75) is 26.5 Å². The van der Waals surface area contributed by atoms with E-state index in [1.54, 1.807) is 0 Å². The number of benzene rings is 2. The van der Waals surface area contributed by atoms with Gasteiger partial charge in [-0.3, -0.25) is 0 Å². The summed E-state index contributed by atoms with van der Waals surface area (Å²) in [6, 6.07) is 13.5. The summed E-state index contributed by atoms with van der Waals surface area (Å²) in [5.41, 5.74) is 3.79. The molecule has 0 saturated heterocycles. The molecule has 0 aliphatic heterocycles. The first kappa shape index (κ1) is 14.6. The normalized spacial score (nSPS) is 12.3. The van der Waals surface area contributed by atoms with E-state index in [4.69, 9.17) is 0 Å². The topological polar surface area (TPSA) is 52.5 Å². The Labute approximate surface area is 119 Å². The third kappa shape index (κ3) is 3.59. The van der Waals surface area contributed by atoms with E-state index in [-0.39, 0.29) is 0 Å². The minimum absolute atomic E-state index is 0.324. The zero-order valence-corrected chi connectivity index (χ0v) is 11.9. The average molecular weight is 271 g/mol. The van der Waals surface area contributed by atoms with Crippen LogP contribution >= 0.6 is 0 Å². The van der Waals surface area contributed by atoms with Crippen LogP contribution in [-0.2, 0) is 6.54 Å². The molecule has 0 aromatic heterocycles. The molecular weight excluding hydrogens is 250 g/mol. The van der Waals surface area contributed by atoms with E-state index in [9.17, 15) is 10.2 Å². The van der Waals surface area contributed by atoms with Gasteiger partial charge in [0.05, 0.1) is 6.10 Å². The van der Waals surface area contributed by atoms with Gasteiger partial charge in [0.25, 0.3) is 0 Å². The minimum Gasteiger partial charge on any atom is -0.507 e. The summed E-state index contributed by atoms with van der Waals surface area (Å²) in [5.74, 6) is 0.324. The molecule has 20 heavy (non-hydrogen) atoms. The Hall–Kier alpha value is -1.84. The standard InChI is InChI=1S/C17H21NO2/c1-12-6-8-14(9-7-12)16(19)11-18-10-15-5-3-4-13(2)17(15)20/h3-9,16,18-20H,10-11H2,1-2H3. The number of rotatable bonds is 5. The molecule has 0 aliphatic rings. The van der Waals surface area contributed by atoms with Crippen LogP contribution in [-0.4, -0.2) is 16.8 Å². The van der Waals surface area contributed by atoms with Gasteiger partial charge in [-0.25, -0.2) is 0 Å². The highest BCUT2D eigenvalue weighted by atomic mass is 16.3. The number of phenolic OH excluding ortho intramolecular Hbond substituents is 1. The number of phenols is 1. The molecule has 0 saturated carbocycles. The van der Waals surface area contributed by atoms with Crippen LogP contribution in [0.4, 0.5) is 0 Å². The molecule has 0 bridgehead atoms. The highest BCUT2D eigenvalue weighted by molar-refractivity contribution is 5.39. The van der Waals surface area contributed by atoms with Gasteiger partial charge in [-0.05, 0) is 25.0 Å². The number of aliphatic hydroxyl groups excluding tert-OH is 1. The number of hydrogen-bond acceptors (Lipinski definition) is 3. The molecule has 106 valence electrons. The summed E-state index contributed by atoms with van der Waals surface area (Å²) < 4.78 is 0. The fourth-order valence-corrected chi connectivity index (χ4v) is 2.11. The number of nitrogens with one attached hydrogen (secondary N) is 1. The third-order valence-corrected chi connectivity index (χ3v) is 3.44. The van der Waals surface area contributed by atoms with Gasteiger partial charge in [0.2, 0.25) is 0 Å². The summed E-state index contributed by atoms with van der Waals surface area (Å²) in [7, 11) is 0. The zero-order chi connectivity index (χ0) is 14.5. The first-order chi connectivity index (χ1) is 9.58. The van der Waals surface area contributed by atoms with Crippen LogP contribution in [0.1, 0.15) is 28.4 Å². The molecule has 1 atom stereocenters. The van der Waals surface area contributed by atoms with Crippen LogP contribution in [0.15, 0.2) is 42.5 Å². The summed E-state index contributed by atoms with van der Waals surface area (Å²) in [6.07, 6.45) is -0.539. The molecule has 3 N–H and O–H groups in total. The van der Waals surface area contributed by atoms with E-state index in [2.05, 4.69) is 5.32 Å². The summed E-state index contributed by atoms with van der Waals surface area (Å²) >= 11 is 0. The van der Waals surface area contributed by atoms with Crippen molar-refractivity contribution < 1.29 is 10.2 Å². The Morgan fingerprint density at radius 1 is 1.05 bits per heavy atom. The number of hydrogen-bond donors (Lipinski definition) is 3. The number of para-hydroxylation sites is 1. The van der Waals surface area contributed by atoms with Crippen molar-refractivity contribution in [2.24, 2.45) is 0 Å². The Morgan fingerprint density at radius 3 is 2.45 bits per heavy atom. The molecule has 1 unspecified atom stereocenters. The monoisotopic (exact) mass is 271 g/mol. The lowest BCUT2D eigenvalue weighted by molar-refractivity contribution is 0.174. The fourth-order valence-electron chi connectivity index (χ4n) is 2.11. The van der Waals surface area contributed by atoms with Crippen LogP contribution in [0, 0.1) is 13.8 Å². The summed E-state index contributed by atoms with van der Waals surface area (Å²) in [5, 5.41) is 23.2. The molecule has 2 aromatic rings. The van der Waals surface area contributed by atoms with E-state index >= 15 is 0 Å². The fraction of sp³-hybridized carbons (Fsp3) is 0.294. The number of aliphatic hydroxyl groups is 1. The van der Waals surface area contributed by atoms with Gasteiger partial charge in [0, 0.05) is 18.7 Å². The summed E-state index contributed by atoms with van der Waals surface area (Å²) in [4.78, 5) is 0. The molecule has 0 fully saturated rings. The largest absolute Gasteiger partial charge is 0.507 e. The molecule has 0 spiro atoms. The molecule has 3 heteroatoms. The van der Waals surface area contributed by atoms with E-state index < -0.39 is 6.10 Å². The lowest BCUT2D eigenvalue weighted by Crippen LogP contribution is -2.21. The first-order valence-electron chi connectivity index (χ1n) is 6.80. The van der Waals surface area contributed by atoms with Crippen LogP contribution in [0.5, 0.6) is 5.75 Å². The predicted molar refractivity (Wildman–Crippen MR) is 80.7 cm³/mol. The van der Waals surface area contributed by atoms with Crippen molar-refractivity contribution in [2.75, 3.05) is 6.54 Å². The molecule has 0 aliphatic carbocycles. The van der Waals surface area contributed by atoms with E-state index in [1.807, 2.05) is 56.3 Å². The van der Waals surface area contributed by atoms with Crippen molar-refractivity contribution in [1.82, 2.24) is 5.32 Å². The Bertz CT molecular complexity index is 564. The van der Waals surface area contributed by atoms with Gasteiger partial charge in [-0.15, -0.1) is 0 Å². The first-order valence-corrected chi connectivity index (χ1v) is 6.80. The zero-order valence-electron chi connectivity index (χ0n) is 11.9. The Balaban J connectivity index is 1.89. The molecule has 2 aromatic carbocycles. The van der Waals surface area contributed by atoms with Crippen LogP contribution in [0.2, 0.25) is 0 Å². The highest BCUT2D eigenvalue weighted by Gasteiger charge is 2.08.